The van der Waals surface area contributed by atoms with Gasteiger partial charge in [0.25, 0.3) is 0 Å². The van der Waals surface area contributed by atoms with E-state index in [4.69, 9.17) is 0 Å². The highest BCUT2D eigenvalue weighted by molar-refractivity contribution is 7.99. The molecule has 12 rings (SSSR count). The van der Waals surface area contributed by atoms with E-state index in [2.05, 4.69) is 217 Å². The molecule has 1 nitrogen and oxygen atoms in total. The van der Waals surface area contributed by atoms with E-state index in [1.807, 2.05) is 11.8 Å². The molecule has 0 amide bonds. The Morgan fingerprint density at radius 1 is 0.351 bits per heavy atom. The number of nitrogens with zero attached hydrogens (tertiary/aromatic N) is 1. The Bertz CT molecular complexity index is 3190. The van der Waals surface area contributed by atoms with Gasteiger partial charge in [0.2, 0.25) is 0 Å². The quantitative estimate of drug-likeness (QED) is 0.177. The van der Waals surface area contributed by atoms with Crippen LogP contribution in [0.1, 0.15) is 22.3 Å². The highest BCUT2D eigenvalue weighted by atomic mass is 32.2. The van der Waals surface area contributed by atoms with Crippen LogP contribution in [0.25, 0.3) is 54.6 Å². The zero-order valence-electron chi connectivity index (χ0n) is 31.1. The summed E-state index contributed by atoms with van der Waals surface area (Å²) in [6.45, 7) is 0. The smallest absolute Gasteiger partial charge is 0.0735 e. The molecule has 0 radical (unpaired) electrons. The average molecular weight is 742 g/mol. The molecule has 0 bridgehead atoms. The van der Waals surface area contributed by atoms with Crippen LogP contribution in [0.4, 0.5) is 17.1 Å². The largest absolute Gasteiger partial charge is 0.309 e. The molecule has 0 saturated heterocycles. The van der Waals surface area contributed by atoms with Crippen molar-refractivity contribution in [3.8, 4) is 22.3 Å². The maximum absolute atomic E-state index is 2.52. The predicted octanol–water partition coefficient (Wildman–Crippen LogP) is 15.1. The van der Waals surface area contributed by atoms with Gasteiger partial charge >= 0.3 is 0 Å². The van der Waals surface area contributed by atoms with Crippen LogP contribution in [0.15, 0.2) is 222 Å². The van der Waals surface area contributed by atoms with Gasteiger partial charge in [0.1, 0.15) is 0 Å². The lowest BCUT2D eigenvalue weighted by atomic mass is 9.59. The van der Waals surface area contributed by atoms with Gasteiger partial charge in [-0.25, -0.2) is 0 Å². The van der Waals surface area contributed by atoms with Crippen molar-refractivity contribution >= 4 is 61.1 Å². The van der Waals surface area contributed by atoms with Crippen LogP contribution in [-0.2, 0) is 5.41 Å². The third kappa shape index (κ3) is 4.72. The molecule has 2 heteroatoms. The van der Waals surface area contributed by atoms with E-state index in [1.54, 1.807) is 0 Å². The van der Waals surface area contributed by atoms with Crippen molar-refractivity contribution in [1.82, 2.24) is 0 Å². The summed E-state index contributed by atoms with van der Waals surface area (Å²) in [5.74, 6) is 0. The molecule has 10 aromatic rings. The molecule has 1 aliphatic heterocycles. The molecular weight excluding hydrogens is 707 g/mol. The van der Waals surface area contributed by atoms with E-state index in [9.17, 15) is 0 Å². The molecule has 0 atom stereocenters. The van der Waals surface area contributed by atoms with Crippen LogP contribution < -0.4 is 4.90 Å². The van der Waals surface area contributed by atoms with Crippen LogP contribution >= 0.6 is 11.8 Å². The van der Waals surface area contributed by atoms with Crippen molar-refractivity contribution in [2.75, 3.05) is 4.90 Å². The van der Waals surface area contributed by atoms with Gasteiger partial charge in [-0.2, -0.15) is 0 Å². The topological polar surface area (TPSA) is 3.24 Å². The van der Waals surface area contributed by atoms with Crippen molar-refractivity contribution in [1.29, 1.82) is 0 Å². The summed E-state index contributed by atoms with van der Waals surface area (Å²) in [5, 5.41) is 7.41. The fourth-order valence-electron chi connectivity index (χ4n) is 9.87. The van der Waals surface area contributed by atoms with Crippen molar-refractivity contribution < 1.29 is 0 Å². The lowest BCUT2D eigenvalue weighted by Gasteiger charge is -2.46. The van der Waals surface area contributed by atoms with Crippen LogP contribution in [0, 0.1) is 0 Å². The van der Waals surface area contributed by atoms with Gasteiger partial charge in [0.05, 0.1) is 16.8 Å². The molecule has 0 N–H and O–H groups in total. The first-order valence-electron chi connectivity index (χ1n) is 19.7. The summed E-state index contributed by atoms with van der Waals surface area (Å²) < 4.78 is 0. The Morgan fingerprint density at radius 3 is 1.70 bits per heavy atom. The van der Waals surface area contributed by atoms with Crippen LogP contribution in [0.2, 0.25) is 0 Å². The molecule has 0 saturated carbocycles. The Labute approximate surface area is 336 Å². The number of hydrogen-bond acceptors (Lipinski definition) is 2. The minimum absolute atomic E-state index is 0.494. The summed E-state index contributed by atoms with van der Waals surface area (Å²) in [6, 6.07) is 79.1. The van der Waals surface area contributed by atoms with Gasteiger partial charge in [-0.1, -0.05) is 182 Å². The minimum atomic E-state index is -0.494. The second-order valence-corrected chi connectivity index (χ2v) is 16.3. The highest BCUT2D eigenvalue weighted by Gasteiger charge is 2.48. The first-order chi connectivity index (χ1) is 28.3. The normalized spacial score (nSPS) is 13.3. The van der Waals surface area contributed by atoms with Gasteiger partial charge in [0, 0.05) is 26.4 Å². The Kier molecular flexibility index (Phi) is 7.14. The molecule has 2 aliphatic rings. The zero-order chi connectivity index (χ0) is 37.5. The predicted molar refractivity (Wildman–Crippen MR) is 241 cm³/mol. The molecule has 1 aliphatic carbocycles. The van der Waals surface area contributed by atoms with Crippen molar-refractivity contribution in [2.45, 2.75) is 15.2 Å². The van der Waals surface area contributed by atoms with Gasteiger partial charge < -0.3 is 4.90 Å². The lowest BCUT2D eigenvalue weighted by molar-refractivity contribution is 0.707. The SMILES string of the molecule is c1ccc(-c2cc3ccccc3cc2N(c2ccc3ccccc3c2)c2ccc3c4c(cccc24)C2(c4ccccc4Sc4ccccc42)c2ccccc2-3)cc1. The van der Waals surface area contributed by atoms with Crippen LogP contribution in [0.5, 0.6) is 0 Å². The summed E-state index contributed by atoms with van der Waals surface area (Å²) in [4.78, 5) is 5.14. The summed E-state index contributed by atoms with van der Waals surface area (Å²) in [6.07, 6.45) is 0. The first kappa shape index (κ1) is 32.4. The van der Waals surface area contributed by atoms with Crippen molar-refractivity contribution in [3.05, 3.63) is 235 Å². The standard InChI is InChI=1S/C55H35NS/c1-2-16-37(17-3-1)45-34-39-19-6-7-20-40(39)35-51(45)56(41-30-29-36-15-4-5-18-38(36)33-41)50-32-31-43-42-21-8-9-23-46(42)55(49-26-14-22-44(50)54(43)49)47-24-10-12-27-52(47)57-53-28-13-11-25-48(53)55/h1-35H. The molecular formula is C55H35NS. The first-order valence-corrected chi connectivity index (χ1v) is 20.5. The Hall–Kier alpha value is -6.87. The van der Waals surface area contributed by atoms with Gasteiger partial charge in [-0.05, 0) is 108 Å². The second-order valence-electron chi connectivity index (χ2n) is 15.2. The van der Waals surface area contributed by atoms with E-state index in [1.165, 1.54) is 86.6 Å². The number of benzene rings is 10. The van der Waals surface area contributed by atoms with Gasteiger partial charge in [-0.3, -0.25) is 0 Å². The highest BCUT2D eigenvalue weighted by Crippen LogP contribution is 2.62. The number of fused-ring (bicyclic) bond motifs is 10. The number of hydrogen-bond donors (Lipinski definition) is 0. The molecule has 0 unspecified atom stereocenters. The van der Waals surface area contributed by atoms with Gasteiger partial charge in [0.15, 0.2) is 0 Å². The van der Waals surface area contributed by atoms with Crippen LogP contribution in [0.3, 0.4) is 0 Å². The van der Waals surface area contributed by atoms with E-state index in [0.717, 1.165) is 17.1 Å². The maximum atomic E-state index is 2.52. The molecule has 10 aromatic carbocycles. The molecule has 57 heavy (non-hydrogen) atoms. The zero-order valence-corrected chi connectivity index (χ0v) is 31.9. The molecule has 1 spiro atoms. The van der Waals surface area contributed by atoms with E-state index in [0.29, 0.717) is 0 Å². The minimum Gasteiger partial charge on any atom is -0.309 e. The average Bonchev–Trinajstić information content (AvgIpc) is 3.28. The fraction of sp³-hybridized carbons (Fsp3) is 0.0182. The Morgan fingerprint density at radius 2 is 0.947 bits per heavy atom. The molecule has 1 heterocycles. The van der Waals surface area contributed by atoms with Gasteiger partial charge in [-0.15, -0.1) is 0 Å². The number of rotatable bonds is 4. The maximum Gasteiger partial charge on any atom is 0.0735 e. The third-order valence-corrected chi connectivity index (χ3v) is 13.4. The summed E-state index contributed by atoms with van der Waals surface area (Å²) in [7, 11) is 0. The fourth-order valence-corrected chi connectivity index (χ4v) is 11.1. The summed E-state index contributed by atoms with van der Waals surface area (Å²) >= 11 is 1.89. The van der Waals surface area contributed by atoms with E-state index in [-0.39, 0.29) is 0 Å². The van der Waals surface area contributed by atoms with E-state index >= 15 is 0 Å². The van der Waals surface area contributed by atoms with Crippen molar-refractivity contribution in [3.63, 3.8) is 0 Å². The number of anilines is 3. The third-order valence-electron chi connectivity index (χ3n) is 12.3. The second kappa shape index (κ2) is 12.6. The van der Waals surface area contributed by atoms with E-state index < -0.39 is 5.41 Å². The lowest BCUT2D eigenvalue weighted by Crippen LogP contribution is -2.36. The molecule has 0 aromatic heterocycles. The summed E-state index contributed by atoms with van der Waals surface area (Å²) in [5.41, 5.74) is 13.2. The monoisotopic (exact) mass is 741 g/mol. The van der Waals surface area contributed by atoms with Crippen molar-refractivity contribution in [2.24, 2.45) is 0 Å². The Balaban J connectivity index is 1.22. The molecule has 266 valence electrons. The van der Waals surface area contributed by atoms with Crippen LogP contribution in [-0.4, -0.2) is 0 Å². The molecule has 0 fully saturated rings.